The van der Waals surface area contributed by atoms with Crippen LogP contribution in [0.15, 0.2) is 40.8 Å². The summed E-state index contributed by atoms with van der Waals surface area (Å²) in [6, 6.07) is 12.6. The molecule has 6 heteroatoms. The number of benzene rings is 1. The summed E-state index contributed by atoms with van der Waals surface area (Å²) in [7, 11) is 2.07. The van der Waals surface area contributed by atoms with Gasteiger partial charge in [0.25, 0.3) is 0 Å². The number of nitrogens with zero attached hydrogens (tertiary/aromatic N) is 3. The molecule has 136 valence electrons. The molecule has 2 aromatic heterocycles. The molecule has 3 rings (SSSR count). The van der Waals surface area contributed by atoms with Crippen molar-refractivity contribution in [3.63, 3.8) is 0 Å². The summed E-state index contributed by atoms with van der Waals surface area (Å²) in [5.74, 6) is 2.39. The van der Waals surface area contributed by atoms with E-state index in [1.807, 2.05) is 35.9 Å². The number of aromatic nitrogens is 3. The summed E-state index contributed by atoms with van der Waals surface area (Å²) < 4.78 is 7.92. The van der Waals surface area contributed by atoms with Gasteiger partial charge in [0.05, 0.1) is 6.67 Å². The van der Waals surface area contributed by atoms with Crippen LogP contribution >= 0.6 is 12.2 Å². The first-order valence-electron chi connectivity index (χ1n) is 8.71. The number of aromatic amines is 1. The molecule has 0 aliphatic carbocycles. The molecule has 0 saturated heterocycles. The van der Waals surface area contributed by atoms with E-state index < -0.39 is 0 Å². The van der Waals surface area contributed by atoms with E-state index in [9.17, 15) is 0 Å². The Morgan fingerprint density at radius 2 is 1.88 bits per heavy atom. The first kappa shape index (κ1) is 18.4. The predicted molar refractivity (Wildman–Crippen MR) is 107 cm³/mol. The lowest BCUT2D eigenvalue weighted by molar-refractivity contribution is 0.244. The van der Waals surface area contributed by atoms with Crippen LogP contribution in [0.3, 0.4) is 0 Å². The highest BCUT2D eigenvalue weighted by Crippen LogP contribution is 2.11. The summed E-state index contributed by atoms with van der Waals surface area (Å²) in [5.41, 5.74) is 2.64. The van der Waals surface area contributed by atoms with Crippen LogP contribution < -0.4 is 0 Å². The second kappa shape index (κ2) is 8.29. The van der Waals surface area contributed by atoms with Gasteiger partial charge in [0.2, 0.25) is 4.77 Å². The maximum atomic E-state index is 5.52. The lowest BCUT2D eigenvalue weighted by atomic mass is 10.1. The molecule has 0 aliphatic rings. The van der Waals surface area contributed by atoms with Crippen molar-refractivity contribution in [3.05, 3.63) is 69.6 Å². The molecule has 1 N–H and O–H groups in total. The van der Waals surface area contributed by atoms with Gasteiger partial charge in [-0.05, 0) is 68.0 Å². The molecule has 3 aromatic rings. The molecular weight excluding hydrogens is 344 g/mol. The number of nitrogens with one attached hydrogen (secondary N) is 1. The Kier molecular flexibility index (Phi) is 5.85. The van der Waals surface area contributed by atoms with Crippen LogP contribution in [0, 0.1) is 11.7 Å². The number of rotatable bonds is 7. The van der Waals surface area contributed by atoms with Gasteiger partial charge in [0.15, 0.2) is 0 Å². The fourth-order valence-electron chi connectivity index (χ4n) is 2.73. The Morgan fingerprint density at radius 1 is 1.15 bits per heavy atom. The zero-order valence-electron chi connectivity index (χ0n) is 15.4. The highest BCUT2D eigenvalue weighted by atomic mass is 32.1. The van der Waals surface area contributed by atoms with Crippen molar-refractivity contribution in [2.75, 3.05) is 7.05 Å². The van der Waals surface area contributed by atoms with E-state index in [0.717, 1.165) is 24.5 Å². The van der Waals surface area contributed by atoms with Crippen LogP contribution in [0.2, 0.25) is 0 Å². The van der Waals surface area contributed by atoms with Gasteiger partial charge in [-0.25, -0.2) is 4.68 Å². The lowest BCUT2D eigenvalue weighted by Gasteiger charge is -2.17. The molecule has 0 aliphatic heterocycles. The smallest absolute Gasteiger partial charge is 0.217 e. The molecule has 0 fully saturated rings. The molecule has 0 bridgehead atoms. The maximum Gasteiger partial charge on any atom is 0.217 e. The summed E-state index contributed by atoms with van der Waals surface area (Å²) in [6.45, 7) is 5.59. The number of hydrogen-bond donors (Lipinski definition) is 1. The fourth-order valence-corrected chi connectivity index (χ4v) is 2.93. The second-order valence-electron chi connectivity index (χ2n) is 6.43. The zero-order chi connectivity index (χ0) is 18.5. The summed E-state index contributed by atoms with van der Waals surface area (Å²) in [4.78, 5) is 6.58. The van der Waals surface area contributed by atoms with E-state index in [1.165, 1.54) is 11.1 Å². The second-order valence-corrected chi connectivity index (χ2v) is 6.79. The molecule has 0 spiro atoms. The predicted octanol–water partition coefficient (Wildman–Crippen LogP) is 4.66. The van der Waals surface area contributed by atoms with E-state index in [1.54, 1.807) is 0 Å². The standard InChI is InChI=1S/C20H24N4OS/c1-4-16-6-8-17(9-7-16)13-23(3)14-24-20(26)21-19(22-24)12-11-18-10-5-15(2)25-18/h5-12H,4,13-14H2,1-3H3,(H,21,22,26). The third kappa shape index (κ3) is 4.80. The minimum Gasteiger partial charge on any atom is -0.462 e. The molecule has 5 nitrogen and oxygen atoms in total. The van der Waals surface area contributed by atoms with E-state index in [4.69, 9.17) is 16.6 Å². The van der Waals surface area contributed by atoms with Crippen molar-refractivity contribution >= 4 is 24.4 Å². The third-order valence-corrected chi connectivity index (χ3v) is 4.44. The monoisotopic (exact) mass is 368 g/mol. The number of aryl methyl sites for hydroxylation is 2. The molecule has 2 heterocycles. The molecule has 0 amide bonds. The van der Waals surface area contributed by atoms with E-state index in [-0.39, 0.29) is 0 Å². The van der Waals surface area contributed by atoms with E-state index >= 15 is 0 Å². The normalized spacial score (nSPS) is 11.7. The number of hydrogen-bond acceptors (Lipinski definition) is 4. The average molecular weight is 369 g/mol. The van der Waals surface area contributed by atoms with Gasteiger partial charge in [-0.1, -0.05) is 31.2 Å². The minimum atomic E-state index is 0.536. The topological polar surface area (TPSA) is 50.0 Å². The summed E-state index contributed by atoms with van der Waals surface area (Å²) in [6.07, 6.45) is 4.81. The van der Waals surface area contributed by atoms with Crippen molar-refractivity contribution in [1.29, 1.82) is 0 Å². The van der Waals surface area contributed by atoms with Crippen LogP contribution in [0.5, 0.6) is 0 Å². The third-order valence-electron chi connectivity index (χ3n) is 4.13. The SMILES string of the molecule is CCc1ccc(CN(C)Cn2[nH]c(C=Cc3ccc(C)o3)nc2=S)cc1. The van der Waals surface area contributed by atoms with Crippen LogP contribution in [-0.2, 0) is 19.6 Å². The van der Waals surface area contributed by atoms with Crippen molar-refractivity contribution in [1.82, 2.24) is 19.7 Å². The largest absolute Gasteiger partial charge is 0.462 e. The zero-order valence-corrected chi connectivity index (χ0v) is 16.2. The van der Waals surface area contributed by atoms with Crippen molar-refractivity contribution < 1.29 is 4.42 Å². The molecular formula is C20H24N4OS. The van der Waals surface area contributed by atoms with Crippen molar-refractivity contribution in [2.45, 2.75) is 33.5 Å². The summed E-state index contributed by atoms with van der Waals surface area (Å²) in [5, 5.41) is 3.22. The Hall–Kier alpha value is -2.44. The molecule has 0 atom stereocenters. The lowest BCUT2D eigenvalue weighted by Crippen LogP contribution is -2.22. The van der Waals surface area contributed by atoms with Crippen LogP contribution in [0.1, 0.15) is 35.4 Å². The van der Waals surface area contributed by atoms with Crippen LogP contribution in [-0.4, -0.2) is 26.7 Å². The van der Waals surface area contributed by atoms with Crippen LogP contribution in [0.4, 0.5) is 0 Å². The van der Waals surface area contributed by atoms with Crippen LogP contribution in [0.25, 0.3) is 12.2 Å². The summed E-state index contributed by atoms with van der Waals surface area (Å²) >= 11 is 5.36. The first-order chi connectivity index (χ1) is 12.5. The minimum absolute atomic E-state index is 0.536. The van der Waals surface area contributed by atoms with Gasteiger partial charge in [-0.15, -0.1) is 0 Å². The Balaban J connectivity index is 1.63. The molecule has 0 saturated carbocycles. The molecule has 0 unspecified atom stereocenters. The van der Waals surface area contributed by atoms with Gasteiger partial charge in [-0.2, -0.15) is 4.98 Å². The van der Waals surface area contributed by atoms with Gasteiger partial charge < -0.3 is 4.42 Å². The van der Waals surface area contributed by atoms with Gasteiger partial charge in [0.1, 0.15) is 17.3 Å². The highest BCUT2D eigenvalue weighted by molar-refractivity contribution is 7.71. The Bertz CT molecular complexity index is 933. The maximum absolute atomic E-state index is 5.52. The quantitative estimate of drug-likeness (QED) is 0.616. The van der Waals surface area contributed by atoms with Gasteiger partial charge in [-0.3, -0.25) is 10.00 Å². The van der Waals surface area contributed by atoms with E-state index in [2.05, 4.69) is 53.2 Å². The van der Waals surface area contributed by atoms with E-state index in [0.29, 0.717) is 17.3 Å². The van der Waals surface area contributed by atoms with Crippen molar-refractivity contribution in [3.8, 4) is 0 Å². The fraction of sp³-hybridized carbons (Fsp3) is 0.300. The number of H-pyrrole nitrogens is 1. The highest BCUT2D eigenvalue weighted by Gasteiger charge is 2.05. The Morgan fingerprint density at radius 3 is 2.54 bits per heavy atom. The first-order valence-corrected chi connectivity index (χ1v) is 9.12. The van der Waals surface area contributed by atoms with Gasteiger partial charge >= 0.3 is 0 Å². The molecule has 1 aromatic carbocycles. The van der Waals surface area contributed by atoms with Gasteiger partial charge in [0, 0.05) is 6.54 Å². The number of furan rings is 1. The van der Waals surface area contributed by atoms with Crippen molar-refractivity contribution in [2.24, 2.45) is 0 Å². The Labute approximate surface area is 159 Å². The molecule has 26 heavy (non-hydrogen) atoms. The average Bonchev–Trinajstić information content (AvgIpc) is 3.19. The molecule has 0 radical (unpaired) electrons.